The van der Waals surface area contributed by atoms with E-state index in [4.69, 9.17) is 17.0 Å². The number of hydrogen-bond acceptors (Lipinski definition) is 4. The summed E-state index contributed by atoms with van der Waals surface area (Å²) in [6.45, 7) is 0. The van der Waals surface area contributed by atoms with Gasteiger partial charge in [0.25, 0.3) is 5.91 Å². The predicted molar refractivity (Wildman–Crippen MR) is 92.3 cm³/mol. The van der Waals surface area contributed by atoms with Gasteiger partial charge in [0.15, 0.2) is 16.6 Å². The zero-order valence-corrected chi connectivity index (χ0v) is 13.4. The van der Waals surface area contributed by atoms with Gasteiger partial charge in [0.05, 0.1) is 12.8 Å². The first kappa shape index (κ1) is 15.9. The number of ether oxygens (including phenoxy) is 1. The largest absolute Gasteiger partial charge is 0.504 e. The lowest BCUT2D eigenvalue weighted by molar-refractivity contribution is -0.113. The van der Waals surface area contributed by atoms with Crippen molar-refractivity contribution in [2.45, 2.75) is 0 Å². The molecule has 1 fully saturated rings. The van der Waals surface area contributed by atoms with Crippen molar-refractivity contribution in [1.29, 1.82) is 0 Å². The molecular weight excluding hydrogens is 331 g/mol. The number of carbonyl (C=O) groups excluding carboxylic acids is 1. The van der Waals surface area contributed by atoms with Gasteiger partial charge in [-0.05, 0) is 48.1 Å². The van der Waals surface area contributed by atoms with Crippen LogP contribution in [0.4, 0.5) is 10.1 Å². The first-order valence-electron chi connectivity index (χ1n) is 7.00. The Balaban J connectivity index is 1.94. The number of methoxy groups -OCH3 is 1. The number of nitrogens with one attached hydrogen (secondary N) is 1. The van der Waals surface area contributed by atoms with Gasteiger partial charge < -0.3 is 15.2 Å². The molecule has 1 amide bonds. The average Bonchev–Trinajstić information content (AvgIpc) is 2.82. The number of benzene rings is 2. The molecule has 122 valence electrons. The van der Waals surface area contributed by atoms with E-state index in [-0.39, 0.29) is 22.2 Å². The molecule has 0 radical (unpaired) electrons. The zero-order valence-electron chi connectivity index (χ0n) is 12.6. The number of phenols is 1. The number of halogens is 1. The third-order valence-corrected chi connectivity index (χ3v) is 3.77. The number of para-hydroxylation sites is 1. The number of hydrogen-bond donors (Lipinski definition) is 2. The Kier molecular flexibility index (Phi) is 4.18. The fraction of sp³-hybridized carbons (Fsp3) is 0.0588. The summed E-state index contributed by atoms with van der Waals surface area (Å²) in [5.41, 5.74) is 0.844. The molecule has 0 saturated carbocycles. The molecule has 0 atom stereocenters. The number of carbonyl (C=O) groups is 1. The number of aromatic hydroxyl groups is 1. The van der Waals surface area contributed by atoms with Gasteiger partial charge in [-0.3, -0.25) is 4.79 Å². The summed E-state index contributed by atoms with van der Waals surface area (Å²) in [5, 5.41) is 12.7. The van der Waals surface area contributed by atoms with E-state index in [2.05, 4.69) is 5.32 Å². The average molecular weight is 344 g/mol. The fourth-order valence-corrected chi connectivity index (χ4v) is 2.64. The molecule has 1 heterocycles. The van der Waals surface area contributed by atoms with Gasteiger partial charge in [-0.1, -0.05) is 18.2 Å². The Morgan fingerprint density at radius 2 is 2.04 bits per heavy atom. The minimum absolute atomic E-state index is 0.0502. The van der Waals surface area contributed by atoms with Gasteiger partial charge >= 0.3 is 0 Å². The Bertz CT molecular complexity index is 867. The Labute approximate surface area is 143 Å². The van der Waals surface area contributed by atoms with E-state index < -0.39 is 11.7 Å². The summed E-state index contributed by atoms with van der Waals surface area (Å²) in [6.07, 6.45) is 1.52. The lowest BCUT2D eigenvalue weighted by Crippen LogP contribution is -2.31. The Morgan fingerprint density at radius 3 is 2.71 bits per heavy atom. The summed E-state index contributed by atoms with van der Waals surface area (Å²) in [7, 11) is 1.44. The highest BCUT2D eigenvalue weighted by atomic mass is 32.1. The van der Waals surface area contributed by atoms with Gasteiger partial charge in [0, 0.05) is 0 Å². The number of thiocarbonyl (C=S) groups is 1. The minimum atomic E-state index is -0.543. The molecule has 5 nitrogen and oxygen atoms in total. The van der Waals surface area contributed by atoms with E-state index in [0.717, 1.165) is 4.90 Å². The molecule has 7 heteroatoms. The quantitative estimate of drug-likeness (QED) is 0.662. The van der Waals surface area contributed by atoms with E-state index in [1.54, 1.807) is 18.2 Å². The van der Waals surface area contributed by atoms with E-state index in [1.165, 1.54) is 37.5 Å². The van der Waals surface area contributed by atoms with Crippen molar-refractivity contribution in [3.05, 3.63) is 59.5 Å². The monoisotopic (exact) mass is 344 g/mol. The third kappa shape index (κ3) is 2.81. The SMILES string of the molecule is COc1ccc(/C=C2/NC(=S)N(c3ccccc3F)C2=O)cc1O. The molecule has 2 aromatic rings. The first-order chi connectivity index (χ1) is 11.5. The van der Waals surface area contributed by atoms with E-state index in [9.17, 15) is 14.3 Å². The van der Waals surface area contributed by atoms with E-state index >= 15 is 0 Å². The maximum Gasteiger partial charge on any atom is 0.281 e. The molecule has 3 rings (SSSR count). The van der Waals surface area contributed by atoms with Crippen LogP contribution in [0.25, 0.3) is 6.08 Å². The summed E-state index contributed by atoms with van der Waals surface area (Å²) >= 11 is 5.13. The topological polar surface area (TPSA) is 61.8 Å². The van der Waals surface area contributed by atoms with Crippen molar-refractivity contribution in [3.8, 4) is 11.5 Å². The second-order valence-electron chi connectivity index (χ2n) is 5.01. The highest BCUT2D eigenvalue weighted by Gasteiger charge is 2.33. The maximum atomic E-state index is 13.9. The standard InChI is InChI=1S/C17H13FN2O3S/c1-23-15-7-6-10(9-14(15)21)8-12-16(22)20(17(24)19-12)13-5-3-2-4-11(13)18/h2-9,21H,1H3,(H,19,24)/b12-8+. The number of nitrogens with zero attached hydrogens (tertiary/aromatic N) is 1. The van der Waals surface area contributed by atoms with Crippen molar-refractivity contribution in [3.63, 3.8) is 0 Å². The van der Waals surface area contributed by atoms with Crippen LogP contribution in [-0.4, -0.2) is 23.2 Å². The second-order valence-corrected chi connectivity index (χ2v) is 5.40. The molecule has 24 heavy (non-hydrogen) atoms. The predicted octanol–water partition coefficient (Wildman–Crippen LogP) is 2.80. The minimum Gasteiger partial charge on any atom is -0.504 e. The van der Waals surface area contributed by atoms with Crippen molar-refractivity contribution < 1.29 is 19.0 Å². The normalized spacial score (nSPS) is 15.8. The molecule has 1 aliphatic heterocycles. The molecule has 2 aromatic carbocycles. The van der Waals surface area contributed by atoms with Gasteiger partial charge in [-0.2, -0.15) is 0 Å². The van der Waals surface area contributed by atoms with Crippen molar-refractivity contribution in [2.24, 2.45) is 0 Å². The van der Waals surface area contributed by atoms with Crippen molar-refractivity contribution >= 4 is 35.0 Å². The number of anilines is 1. The van der Waals surface area contributed by atoms with Crippen LogP contribution in [0.1, 0.15) is 5.56 Å². The third-order valence-electron chi connectivity index (χ3n) is 3.49. The summed E-state index contributed by atoms with van der Waals surface area (Å²) in [6, 6.07) is 10.6. The summed E-state index contributed by atoms with van der Waals surface area (Å²) in [5.74, 6) is -0.740. The van der Waals surface area contributed by atoms with Crippen LogP contribution in [-0.2, 0) is 4.79 Å². The molecule has 2 N–H and O–H groups in total. The molecule has 0 aromatic heterocycles. The van der Waals surface area contributed by atoms with E-state index in [0.29, 0.717) is 11.3 Å². The van der Waals surface area contributed by atoms with Crippen LogP contribution in [0, 0.1) is 5.82 Å². The van der Waals surface area contributed by atoms with Crippen LogP contribution in [0.5, 0.6) is 11.5 Å². The molecule has 0 spiro atoms. The number of amides is 1. The van der Waals surface area contributed by atoms with Gasteiger partial charge in [-0.15, -0.1) is 0 Å². The van der Waals surface area contributed by atoms with Crippen molar-refractivity contribution in [2.75, 3.05) is 12.0 Å². The first-order valence-corrected chi connectivity index (χ1v) is 7.41. The maximum absolute atomic E-state index is 13.9. The van der Waals surface area contributed by atoms with Crippen LogP contribution >= 0.6 is 12.2 Å². The van der Waals surface area contributed by atoms with Gasteiger partial charge in [0.1, 0.15) is 11.5 Å². The molecule has 0 unspecified atom stereocenters. The molecule has 1 aliphatic rings. The van der Waals surface area contributed by atoms with Crippen LogP contribution < -0.4 is 15.0 Å². The number of phenolic OH excluding ortho intramolecular Hbond substituents is 1. The molecular formula is C17H13FN2O3S. The van der Waals surface area contributed by atoms with Crippen LogP contribution in [0.2, 0.25) is 0 Å². The van der Waals surface area contributed by atoms with Crippen LogP contribution in [0.3, 0.4) is 0 Å². The summed E-state index contributed by atoms with van der Waals surface area (Å²) < 4.78 is 18.9. The highest BCUT2D eigenvalue weighted by Crippen LogP contribution is 2.29. The lowest BCUT2D eigenvalue weighted by atomic mass is 10.1. The smallest absolute Gasteiger partial charge is 0.281 e. The van der Waals surface area contributed by atoms with E-state index in [1.807, 2.05) is 0 Å². The number of rotatable bonds is 3. The fourth-order valence-electron chi connectivity index (χ4n) is 2.35. The zero-order chi connectivity index (χ0) is 17.3. The lowest BCUT2D eigenvalue weighted by Gasteiger charge is -2.14. The molecule has 1 saturated heterocycles. The van der Waals surface area contributed by atoms with Gasteiger partial charge in [0.2, 0.25) is 0 Å². The Morgan fingerprint density at radius 1 is 1.29 bits per heavy atom. The van der Waals surface area contributed by atoms with Crippen LogP contribution in [0.15, 0.2) is 48.2 Å². The highest BCUT2D eigenvalue weighted by molar-refractivity contribution is 7.80. The Hall–Kier alpha value is -2.93. The summed E-state index contributed by atoms with van der Waals surface area (Å²) in [4.78, 5) is 13.6. The van der Waals surface area contributed by atoms with Crippen molar-refractivity contribution in [1.82, 2.24) is 5.32 Å². The second kappa shape index (κ2) is 6.29. The van der Waals surface area contributed by atoms with Gasteiger partial charge in [-0.25, -0.2) is 9.29 Å². The molecule has 0 bridgehead atoms. The molecule has 0 aliphatic carbocycles.